The summed E-state index contributed by atoms with van der Waals surface area (Å²) >= 11 is 0. The highest BCUT2D eigenvalue weighted by Gasteiger charge is 2.36. The Labute approximate surface area is 115 Å². The van der Waals surface area contributed by atoms with Gasteiger partial charge in [-0.25, -0.2) is 0 Å². The zero-order valence-electron chi connectivity index (χ0n) is 12.1. The van der Waals surface area contributed by atoms with Gasteiger partial charge in [-0.1, -0.05) is 26.0 Å². The van der Waals surface area contributed by atoms with E-state index in [0.717, 1.165) is 30.6 Å². The largest absolute Gasteiger partial charge is 0.490 e. The molecule has 1 aliphatic carbocycles. The van der Waals surface area contributed by atoms with Gasteiger partial charge in [-0.3, -0.25) is 0 Å². The maximum Gasteiger partial charge on any atom is 0.122 e. The van der Waals surface area contributed by atoms with Crippen molar-refractivity contribution in [1.82, 2.24) is 0 Å². The van der Waals surface area contributed by atoms with E-state index in [1.807, 2.05) is 0 Å². The van der Waals surface area contributed by atoms with Gasteiger partial charge in [0.2, 0.25) is 0 Å². The Balaban J connectivity index is 2.09. The van der Waals surface area contributed by atoms with Gasteiger partial charge in [-0.05, 0) is 42.9 Å². The number of aliphatic hydroxyl groups is 1. The quantitative estimate of drug-likeness (QED) is 0.878. The van der Waals surface area contributed by atoms with Gasteiger partial charge < -0.3 is 15.6 Å². The molecule has 106 valence electrons. The van der Waals surface area contributed by atoms with Crippen molar-refractivity contribution < 1.29 is 9.84 Å². The van der Waals surface area contributed by atoms with Gasteiger partial charge in [0.25, 0.3) is 0 Å². The second-order valence-electron chi connectivity index (χ2n) is 6.18. The van der Waals surface area contributed by atoms with E-state index >= 15 is 0 Å². The van der Waals surface area contributed by atoms with Crippen molar-refractivity contribution in [3.63, 3.8) is 0 Å². The minimum absolute atomic E-state index is 0.0396. The standard InChI is InChI=1S/C16H25NO2/c1-11(2)13-5-4-12(3)15(8-13)19-14-6-7-16(17,9-14)10-18/h4-5,8,11,14,18H,6-7,9-10,17H2,1-3H3. The third kappa shape index (κ3) is 3.28. The highest BCUT2D eigenvalue weighted by molar-refractivity contribution is 5.38. The fourth-order valence-electron chi connectivity index (χ4n) is 2.63. The minimum Gasteiger partial charge on any atom is -0.490 e. The molecule has 0 heterocycles. The van der Waals surface area contributed by atoms with Crippen LogP contribution < -0.4 is 10.5 Å². The molecule has 1 aliphatic rings. The molecule has 3 heteroatoms. The maximum atomic E-state index is 9.30. The Kier molecular flexibility index (Phi) is 4.16. The molecule has 2 unspecified atom stereocenters. The summed E-state index contributed by atoms with van der Waals surface area (Å²) in [6.07, 6.45) is 2.60. The summed E-state index contributed by atoms with van der Waals surface area (Å²) in [5, 5.41) is 9.30. The molecule has 1 aromatic carbocycles. The summed E-state index contributed by atoms with van der Waals surface area (Å²) in [5.74, 6) is 1.45. The van der Waals surface area contributed by atoms with Crippen molar-refractivity contribution in [3.8, 4) is 5.75 Å². The second-order valence-corrected chi connectivity index (χ2v) is 6.18. The van der Waals surface area contributed by atoms with Crippen LogP contribution in [0.15, 0.2) is 18.2 Å². The Morgan fingerprint density at radius 3 is 2.79 bits per heavy atom. The lowest BCUT2D eigenvalue weighted by Gasteiger charge is -2.22. The van der Waals surface area contributed by atoms with Crippen LogP contribution in [0.2, 0.25) is 0 Å². The van der Waals surface area contributed by atoms with Crippen LogP contribution in [0, 0.1) is 6.92 Å². The molecule has 2 atom stereocenters. The summed E-state index contributed by atoms with van der Waals surface area (Å²) in [6, 6.07) is 6.40. The van der Waals surface area contributed by atoms with Crippen molar-refractivity contribution in [2.75, 3.05) is 6.61 Å². The molecule has 0 radical (unpaired) electrons. The smallest absolute Gasteiger partial charge is 0.122 e. The topological polar surface area (TPSA) is 55.5 Å². The highest BCUT2D eigenvalue weighted by atomic mass is 16.5. The molecule has 0 amide bonds. The molecule has 0 bridgehead atoms. The van der Waals surface area contributed by atoms with E-state index in [9.17, 15) is 5.11 Å². The van der Waals surface area contributed by atoms with Gasteiger partial charge in [0, 0.05) is 12.0 Å². The third-order valence-electron chi connectivity index (χ3n) is 4.09. The number of ether oxygens (including phenoxy) is 1. The lowest BCUT2D eigenvalue weighted by molar-refractivity contribution is 0.165. The zero-order chi connectivity index (χ0) is 14.0. The van der Waals surface area contributed by atoms with Crippen molar-refractivity contribution >= 4 is 0 Å². The van der Waals surface area contributed by atoms with Gasteiger partial charge in [-0.2, -0.15) is 0 Å². The van der Waals surface area contributed by atoms with E-state index < -0.39 is 5.54 Å². The summed E-state index contributed by atoms with van der Waals surface area (Å²) in [5.41, 5.74) is 8.09. The van der Waals surface area contributed by atoms with Crippen molar-refractivity contribution in [1.29, 1.82) is 0 Å². The van der Waals surface area contributed by atoms with E-state index in [4.69, 9.17) is 10.5 Å². The normalized spacial score (nSPS) is 26.9. The highest BCUT2D eigenvalue weighted by Crippen LogP contribution is 2.32. The second kappa shape index (κ2) is 5.51. The molecule has 1 saturated carbocycles. The predicted molar refractivity (Wildman–Crippen MR) is 77.5 cm³/mol. The molecule has 3 nitrogen and oxygen atoms in total. The summed E-state index contributed by atoms with van der Waals surface area (Å²) in [6.45, 7) is 6.47. The van der Waals surface area contributed by atoms with Crippen LogP contribution in [0.5, 0.6) is 5.75 Å². The van der Waals surface area contributed by atoms with Gasteiger partial charge in [-0.15, -0.1) is 0 Å². The van der Waals surface area contributed by atoms with E-state index in [1.54, 1.807) is 0 Å². The fraction of sp³-hybridized carbons (Fsp3) is 0.625. The van der Waals surface area contributed by atoms with Crippen molar-refractivity contribution in [2.24, 2.45) is 5.73 Å². The van der Waals surface area contributed by atoms with Crippen molar-refractivity contribution in [2.45, 2.75) is 57.6 Å². The number of aryl methyl sites for hydroxylation is 1. The first-order valence-corrected chi connectivity index (χ1v) is 7.10. The van der Waals surface area contributed by atoms with Gasteiger partial charge >= 0.3 is 0 Å². The molecule has 0 aromatic heterocycles. The average molecular weight is 263 g/mol. The Hall–Kier alpha value is -1.06. The first-order valence-electron chi connectivity index (χ1n) is 7.10. The monoisotopic (exact) mass is 263 g/mol. The molecule has 2 rings (SSSR count). The van der Waals surface area contributed by atoms with Crippen LogP contribution in [-0.2, 0) is 0 Å². The van der Waals surface area contributed by atoms with E-state index in [0.29, 0.717) is 5.92 Å². The Morgan fingerprint density at radius 2 is 2.21 bits per heavy atom. The molecule has 3 N–H and O–H groups in total. The van der Waals surface area contributed by atoms with Crippen LogP contribution in [0.4, 0.5) is 0 Å². The van der Waals surface area contributed by atoms with Gasteiger partial charge in [0.15, 0.2) is 0 Å². The zero-order valence-corrected chi connectivity index (χ0v) is 12.1. The fourth-order valence-corrected chi connectivity index (χ4v) is 2.63. The lowest BCUT2D eigenvalue weighted by atomic mass is 10.0. The minimum atomic E-state index is -0.450. The number of aliphatic hydroxyl groups excluding tert-OH is 1. The van der Waals surface area contributed by atoms with Crippen LogP contribution in [0.1, 0.15) is 50.2 Å². The van der Waals surface area contributed by atoms with E-state index in [-0.39, 0.29) is 12.7 Å². The van der Waals surface area contributed by atoms with Gasteiger partial charge in [0.1, 0.15) is 11.9 Å². The third-order valence-corrected chi connectivity index (χ3v) is 4.09. The molecular formula is C16H25NO2. The molecule has 19 heavy (non-hydrogen) atoms. The van der Waals surface area contributed by atoms with Crippen LogP contribution in [0.3, 0.4) is 0 Å². The number of rotatable bonds is 4. The van der Waals surface area contributed by atoms with Crippen LogP contribution in [-0.4, -0.2) is 23.4 Å². The summed E-state index contributed by atoms with van der Waals surface area (Å²) in [4.78, 5) is 0. The number of hydrogen-bond acceptors (Lipinski definition) is 3. The summed E-state index contributed by atoms with van der Waals surface area (Å²) in [7, 11) is 0. The first-order chi connectivity index (χ1) is 8.93. The van der Waals surface area contributed by atoms with Gasteiger partial charge in [0.05, 0.1) is 6.61 Å². The SMILES string of the molecule is Cc1ccc(C(C)C)cc1OC1CCC(N)(CO)C1. The van der Waals surface area contributed by atoms with Crippen molar-refractivity contribution in [3.05, 3.63) is 29.3 Å². The number of benzene rings is 1. The lowest BCUT2D eigenvalue weighted by Crippen LogP contribution is -2.41. The predicted octanol–water partition coefficient (Wildman–Crippen LogP) is 2.74. The Morgan fingerprint density at radius 1 is 1.47 bits per heavy atom. The maximum absolute atomic E-state index is 9.30. The average Bonchev–Trinajstić information content (AvgIpc) is 2.74. The van der Waals surface area contributed by atoms with E-state index in [2.05, 4.69) is 39.0 Å². The molecule has 0 saturated heterocycles. The van der Waals surface area contributed by atoms with E-state index in [1.165, 1.54) is 5.56 Å². The molecule has 0 aliphatic heterocycles. The number of hydrogen-bond donors (Lipinski definition) is 2. The summed E-state index contributed by atoms with van der Waals surface area (Å²) < 4.78 is 6.10. The molecular weight excluding hydrogens is 238 g/mol. The first kappa shape index (κ1) is 14.4. The number of nitrogens with two attached hydrogens (primary N) is 1. The van der Waals surface area contributed by atoms with Crippen LogP contribution >= 0.6 is 0 Å². The Bertz CT molecular complexity index is 444. The van der Waals surface area contributed by atoms with Crippen LogP contribution in [0.25, 0.3) is 0 Å². The molecule has 0 spiro atoms. The molecule has 1 aromatic rings. The molecule has 1 fully saturated rings.